The number of aromatic nitrogens is 1. The Hall–Kier alpha value is -1.77. The molecule has 0 spiro atoms. The van der Waals surface area contributed by atoms with Crippen LogP contribution in [0.4, 0.5) is 0 Å². The highest BCUT2D eigenvalue weighted by Gasteiger charge is 2.09. The van der Waals surface area contributed by atoms with Crippen molar-refractivity contribution in [2.24, 2.45) is 0 Å². The second-order valence-electron chi connectivity index (χ2n) is 3.75. The average Bonchev–Trinajstić information content (AvgIpc) is 2.29. The van der Waals surface area contributed by atoms with Gasteiger partial charge in [-0.15, -0.1) is 0 Å². The number of pyridine rings is 1. The predicted molar refractivity (Wildman–Crippen MR) is 65.2 cm³/mol. The topological polar surface area (TPSA) is 31.2 Å². The molecule has 0 amide bonds. The molecule has 0 aliphatic heterocycles. The molecule has 0 N–H and O–H groups in total. The first-order valence-electron chi connectivity index (χ1n) is 5.36. The minimum Gasteiger partial charge on any atom is -0.495 e. The Morgan fingerprint density at radius 2 is 2.12 bits per heavy atom. The Kier molecular flexibility index (Phi) is 2.69. The maximum atomic E-state index is 11.9. The fourth-order valence-electron chi connectivity index (χ4n) is 2.09. The summed E-state index contributed by atoms with van der Waals surface area (Å²) in [6.07, 6.45) is 0. The molecular formula is C13H15NO2. The number of nitrogens with zero attached hydrogens (tertiary/aromatic N) is 1. The number of hydrogen-bond donors (Lipinski definition) is 0. The van der Waals surface area contributed by atoms with Crippen LogP contribution in [-0.2, 0) is 6.54 Å². The minimum atomic E-state index is 0.0519. The zero-order valence-corrected chi connectivity index (χ0v) is 9.78. The van der Waals surface area contributed by atoms with Crippen molar-refractivity contribution in [2.75, 3.05) is 7.11 Å². The van der Waals surface area contributed by atoms with Crippen molar-refractivity contribution in [3.8, 4) is 5.75 Å². The van der Waals surface area contributed by atoms with Gasteiger partial charge in [0.25, 0.3) is 0 Å². The standard InChI is InChI=1S/C13H15NO2/c1-4-14-9(2)8-11(15)10-6-5-7-12(16-3)13(10)14/h5-8H,4H2,1-3H3. The molecule has 1 heterocycles. The molecule has 0 unspecified atom stereocenters. The number of ether oxygens (including phenoxy) is 1. The van der Waals surface area contributed by atoms with Gasteiger partial charge in [0.05, 0.1) is 12.6 Å². The smallest absolute Gasteiger partial charge is 0.189 e. The van der Waals surface area contributed by atoms with Gasteiger partial charge in [0.1, 0.15) is 5.75 Å². The highest BCUT2D eigenvalue weighted by Crippen LogP contribution is 2.24. The molecule has 2 rings (SSSR count). The van der Waals surface area contributed by atoms with Crippen LogP contribution >= 0.6 is 0 Å². The Morgan fingerprint density at radius 3 is 2.75 bits per heavy atom. The van der Waals surface area contributed by atoms with E-state index < -0.39 is 0 Å². The molecule has 16 heavy (non-hydrogen) atoms. The third kappa shape index (κ3) is 1.48. The van der Waals surface area contributed by atoms with Crippen molar-refractivity contribution in [2.45, 2.75) is 20.4 Å². The molecule has 0 fully saturated rings. The highest BCUT2D eigenvalue weighted by molar-refractivity contribution is 5.85. The first-order valence-corrected chi connectivity index (χ1v) is 5.36. The van der Waals surface area contributed by atoms with Crippen molar-refractivity contribution in [3.63, 3.8) is 0 Å². The van der Waals surface area contributed by atoms with Gasteiger partial charge >= 0.3 is 0 Å². The maximum absolute atomic E-state index is 11.9. The molecule has 0 radical (unpaired) electrons. The van der Waals surface area contributed by atoms with Crippen LogP contribution in [0.3, 0.4) is 0 Å². The van der Waals surface area contributed by atoms with Gasteiger partial charge in [-0.25, -0.2) is 0 Å². The summed E-state index contributed by atoms with van der Waals surface area (Å²) in [5.41, 5.74) is 1.90. The molecule has 0 atom stereocenters. The molecule has 84 valence electrons. The van der Waals surface area contributed by atoms with E-state index in [-0.39, 0.29) is 5.43 Å². The predicted octanol–water partition coefficient (Wildman–Crippen LogP) is 2.34. The van der Waals surface area contributed by atoms with Gasteiger partial charge < -0.3 is 9.30 Å². The van der Waals surface area contributed by atoms with E-state index in [2.05, 4.69) is 11.5 Å². The third-order valence-electron chi connectivity index (χ3n) is 2.84. The maximum Gasteiger partial charge on any atom is 0.189 e. The van der Waals surface area contributed by atoms with Crippen LogP contribution in [0, 0.1) is 6.92 Å². The zero-order valence-electron chi connectivity index (χ0n) is 9.78. The van der Waals surface area contributed by atoms with Gasteiger partial charge in [0.15, 0.2) is 5.43 Å². The number of benzene rings is 1. The molecule has 3 heteroatoms. The van der Waals surface area contributed by atoms with Crippen LogP contribution in [0.1, 0.15) is 12.6 Å². The van der Waals surface area contributed by atoms with Gasteiger partial charge in [-0.3, -0.25) is 4.79 Å². The summed E-state index contributed by atoms with van der Waals surface area (Å²) in [4.78, 5) is 11.9. The molecule has 0 saturated heterocycles. The lowest BCUT2D eigenvalue weighted by molar-refractivity contribution is 0.417. The normalized spacial score (nSPS) is 10.7. The van der Waals surface area contributed by atoms with Crippen LogP contribution in [-0.4, -0.2) is 11.7 Å². The lowest BCUT2D eigenvalue weighted by Gasteiger charge is -2.14. The van der Waals surface area contributed by atoms with Crippen molar-refractivity contribution < 1.29 is 4.74 Å². The second-order valence-corrected chi connectivity index (χ2v) is 3.75. The first-order chi connectivity index (χ1) is 7.69. The van der Waals surface area contributed by atoms with Crippen molar-refractivity contribution in [1.82, 2.24) is 4.57 Å². The van der Waals surface area contributed by atoms with Crippen LogP contribution in [0.2, 0.25) is 0 Å². The summed E-state index contributed by atoms with van der Waals surface area (Å²) >= 11 is 0. The van der Waals surface area contributed by atoms with E-state index in [0.29, 0.717) is 5.39 Å². The van der Waals surface area contributed by atoms with E-state index in [1.165, 1.54) is 0 Å². The van der Waals surface area contributed by atoms with E-state index in [9.17, 15) is 4.79 Å². The zero-order chi connectivity index (χ0) is 11.7. The van der Waals surface area contributed by atoms with Gasteiger partial charge in [-0.2, -0.15) is 0 Å². The fraction of sp³-hybridized carbons (Fsp3) is 0.308. The summed E-state index contributed by atoms with van der Waals surface area (Å²) in [5.74, 6) is 0.750. The Labute approximate surface area is 94.3 Å². The third-order valence-corrected chi connectivity index (χ3v) is 2.84. The number of para-hydroxylation sites is 1. The summed E-state index contributed by atoms with van der Waals surface area (Å²) in [6.45, 7) is 4.82. The number of methoxy groups -OCH3 is 1. The van der Waals surface area contributed by atoms with Crippen LogP contribution in [0.25, 0.3) is 10.9 Å². The van der Waals surface area contributed by atoms with Gasteiger partial charge in [-0.05, 0) is 26.0 Å². The van der Waals surface area contributed by atoms with Gasteiger partial charge in [-0.1, -0.05) is 6.07 Å². The molecule has 0 saturated carbocycles. The van der Waals surface area contributed by atoms with Gasteiger partial charge in [0.2, 0.25) is 0 Å². The van der Waals surface area contributed by atoms with E-state index >= 15 is 0 Å². The van der Waals surface area contributed by atoms with Crippen LogP contribution in [0.15, 0.2) is 29.1 Å². The van der Waals surface area contributed by atoms with E-state index in [1.807, 2.05) is 25.1 Å². The van der Waals surface area contributed by atoms with Crippen molar-refractivity contribution >= 4 is 10.9 Å². The summed E-state index contributed by atoms with van der Waals surface area (Å²) in [6, 6.07) is 7.24. The molecule has 1 aromatic carbocycles. The van der Waals surface area contributed by atoms with Crippen molar-refractivity contribution in [1.29, 1.82) is 0 Å². The highest BCUT2D eigenvalue weighted by atomic mass is 16.5. The molecule has 3 nitrogen and oxygen atoms in total. The minimum absolute atomic E-state index is 0.0519. The summed E-state index contributed by atoms with van der Waals surface area (Å²) in [5, 5.41) is 0.715. The lowest BCUT2D eigenvalue weighted by atomic mass is 10.1. The molecule has 0 aliphatic carbocycles. The quantitative estimate of drug-likeness (QED) is 0.773. The SMILES string of the molecule is CCn1c(C)cc(=O)c2cccc(OC)c21. The molecule has 0 bridgehead atoms. The fourth-order valence-corrected chi connectivity index (χ4v) is 2.09. The van der Waals surface area contributed by atoms with Crippen LogP contribution in [0.5, 0.6) is 5.75 Å². The second kappa shape index (κ2) is 4.00. The van der Waals surface area contributed by atoms with Crippen molar-refractivity contribution in [3.05, 3.63) is 40.2 Å². The van der Waals surface area contributed by atoms with E-state index in [0.717, 1.165) is 23.5 Å². The Morgan fingerprint density at radius 1 is 1.38 bits per heavy atom. The Balaban J connectivity index is 3.00. The largest absolute Gasteiger partial charge is 0.495 e. The molecule has 2 aromatic rings. The number of rotatable bonds is 2. The molecule has 1 aromatic heterocycles. The first kappa shape index (κ1) is 10.7. The summed E-state index contributed by atoms with van der Waals surface area (Å²) in [7, 11) is 1.63. The summed E-state index contributed by atoms with van der Waals surface area (Å²) < 4.78 is 7.41. The average molecular weight is 217 g/mol. The van der Waals surface area contributed by atoms with E-state index in [4.69, 9.17) is 4.74 Å². The molecular weight excluding hydrogens is 202 g/mol. The van der Waals surface area contributed by atoms with E-state index in [1.54, 1.807) is 13.2 Å². The number of fused-ring (bicyclic) bond motifs is 1. The Bertz CT molecular complexity index is 584. The number of aryl methyl sites for hydroxylation is 2. The van der Waals surface area contributed by atoms with Gasteiger partial charge in [0, 0.05) is 23.7 Å². The molecule has 0 aliphatic rings. The lowest BCUT2D eigenvalue weighted by Crippen LogP contribution is -2.11. The number of hydrogen-bond acceptors (Lipinski definition) is 2. The monoisotopic (exact) mass is 217 g/mol. The van der Waals surface area contributed by atoms with Crippen LogP contribution < -0.4 is 10.2 Å².